The van der Waals surface area contributed by atoms with Crippen molar-refractivity contribution in [1.82, 2.24) is 0 Å². The number of alkyl halides is 3. The Hall–Kier alpha value is -2.67. The summed E-state index contributed by atoms with van der Waals surface area (Å²) in [5.41, 5.74) is 8.29. The average molecular weight is 407 g/mol. The Morgan fingerprint density at radius 3 is 2.48 bits per heavy atom. The van der Waals surface area contributed by atoms with Crippen LogP contribution in [0.1, 0.15) is 30.0 Å². The molecule has 7 heteroatoms. The summed E-state index contributed by atoms with van der Waals surface area (Å²) in [4.78, 5) is 1.70. The second kappa shape index (κ2) is 9.69. The predicted octanol–water partition coefficient (Wildman–Crippen LogP) is 5.54. The van der Waals surface area contributed by atoms with Crippen molar-refractivity contribution in [2.45, 2.75) is 26.4 Å². The largest absolute Gasteiger partial charge is 0.418 e. The molecule has 3 N–H and O–H groups in total. The number of methoxy groups -OCH3 is 1. The maximum absolute atomic E-state index is 13.8. The van der Waals surface area contributed by atoms with E-state index in [1.54, 1.807) is 17.0 Å². The molecule has 2 rings (SSSR count). The predicted molar refractivity (Wildman–Crippen MR) is 114 cm³/mol. The SMILES string of the molecule is C=C(Nc1ccc(C)c(N)c1)c1ccc(N(CCC)CCOC)c(C(F)(F)F)c1. The first-order chi connectivity index (χ1) is 13.7. The molecule has 0 unspecified atom stereocenters. The molecule has 0 radical (unpaired) electrons. The van der Waals surface area contributed by atoms with E-state index in [0.29, 0.717) is 42.3 Å². The highest BCUT2D eigenvalue weighted by atomic mass is 19.4. The van der Waals surface area contributed by atoms with E-state index in [4.69, 9.17) is 10.5 Å². The summed E-state index contributed by atoms with van der Waals surface area (Å²) in [6.45, 7) is 8.96. The number of nitrogens with two attached hydrogens (primary N) is 1. The minimum absolute atomic E-state index is 0.146. The van der Waals surface area contributed by atoms with Crippen molar-refractivity contribution in [3.63, 3.8) is 0 Å². The van der Waals surface area contributed by atoms with Crippen molar-refractivity contribution in [2.24, 2.45) is 0 Å². The van der Waals surface area contributed by atoms with Crippen LogP contribution in [-0.4, -0.2) is 26.8 Å². The average Bonchev–Trinajstić information content (AvgIpc) is 2.67. The van der Waals surface area contributed by atoms with Crippen LogP contribution >= 0.6 is 0 Å². The third kappa shape index (κ3) is 5.90. The van der Waals surface area contributed by atoms with Crippen LogP contribution < -0.4 is 16.0 Å². The summed E-state index contributed by atoms with van der Waals surface area (Å²) >= 11 is 0. The van der Waals surface area contributed by atoms with Gasteiger partial charge in [0.1, 0.15) is 0 Å². The Labute approximate surface area is 170 Å². The molecule has 0 fully saturated rings. The smallest absolute Gasteiger partial charge is 0.398 e. The molecule has 0 atom stereocenters. The molecular formula is C22H28F3N3O. The number of halogens is 3. The lowest BCUT2D eigenvalue weighted by molar-refractivity contribution is -0.137. The summed E-state index contributed by atoms with van der Waals surface area (Å²) in [5.74, 6) is 0. The number of hydrogen-bond donors (Lipinski definition) is 2. The highest BCUT2D eigenvalue weighted by molar-refractivity contribution is 5.78. The van der Waals surface area contributed by atoms with E-state index >= 15 is 0 Å². The van der Waals surface area contributed by atoms with Gasteiger partial charge in [-0.3, -0.25) is 0 Å². The summed E-state index contributed by atoms with van der Waals surface area (Å²) in [6.07, 6.45) is -3.76. The molecule has 158 valence electrons. The number of aryl methyl sites for hydroxylation is 1. The first-order valence-corrected chi connectivity index (χ1v) is 9.45. The molecule has 0 aliphatic carbocycles. The molecule has 0 heterocycles. The molecule has 4 nitrogen and oxygen atoms in total. The van der Waals surface area contributed by atoms with Gasteiger partial charge in [-0.15, -0.1) is 0 Å². The molecule has 0 aliphatic rings. The Morgan fingerprint density at radius 1 is 1.17 bits per heavy atom. The minimum atomic E-state index is -4.49. The van der Waals surface area contributed by atoms with E-state index in [1.807, 2.05) is 26.0 Å². The number of rotatable bonds is 9. The number of nitrogens with zero attached hydrogens (tertiary/aromatic N) is 1. The minimum Gasteiger partial charge on any atom is -0.398 e. The number of nitrogen functional groups attached to an aromatic ring is 1. The van der Waals surface area contributed by atoms with Crippen molar-refractivity contribution in [2.75, 3.05) is 42.8 Å². The van der Waals surface area contributed by atoms with Crippen LogP contribution in [0.25, 0.3) is 5.70 Å². The Kier molecular flexibility index (Phi) is 7.56. The van der Waals surface area contributed by atoms with Crippen molar-refractivity contribution < 1.29 is 17.9 Å². The molecule has 0 saturated carbocycles. The van der Waals surface area contributed by atoms with Gasteiger partial charge in [0.15, 0.2) is 0 Å². The van der Waals surface area contributed by atoms with Crippen LogP contribution in [0.15, 0.2) is 43.0 Å². The van der Waals surface area contributed by atoms with Gasteiger partial charge < -0.3 is 20.7 Å². The molecule has 29 heavy (non-hydrogen) atoms. The van der Waals surface area contributed by atoms with Gasteiger partial charge in [-0.25, -0.2) is 0 Å². The third-order valence-corrected chi connectivity index (χ3v) is 4.62. The van der Waals surface area contributed by atoms with Gasteiger partial charge in [0.25, 0.3) is 0 Å². The molecule has 2 aromatic rings. The summed E-state index contributed by atoms with van der Waals surface area (Å²) in [6, 6.07) is 9.66. The quantitative estimate of drug-likeness (QED) is 0.536. The lowest BCUT2D eigenvalue weighted by atomic mass is 10.0. The van der Waals surface area contributed by atoms with E-state index in [9.17, 15) is 13.2 Å². The summed E-state index contributed by atoms with van der Waals surface area (Å²) in [5, 5.41) is 3.04. The van der Waals surface area contributed by atoms with E-state index in [-0.39, 0.29) is 5.69 Å². The maximum atomic E-state index is 13.8. The van der Waals surface area contributed by atoms with Crippen LogP contribution in [0, 0.1) is 6.92 Å². The zero-order chi connectivity index (χ0) is 21.6. The number of anilines is 3. The van der Waals surface area contributed by atoms with Crippen LogP contribution in [0.4, 0.5) is 30.2 Å². The highest BCUT2D eigenvalue weighted by Gasteiger charge is 2.35. The summed E-state index contributed by atoms with van der Waals surface area (Å²) < 4.78 is 46.5. The number of benzene rings is 2. The van der Waals surface area contributed by atoms with Gasteiger partial charge in [-0.2, -0.15) is 13.2 Å². The lowest BCUT2D eigenvalue weighted by Gasteiger charge is -2.28. The second-order valence-corrected chi connectivity index (χ2v) is 6.88. The van der Waals surface area contributed by atoms with Gasteiger partial charge in [0, 0.05) is 43.0 Å². The van der Waals surface area contributed by atoms with Gasteiger partial charge >= 0.3 is 6.18 Å². The van der Waals surface area contributed by atoms with Crippen molar-refractivity contribution in [3.05, 3.63) is 59.7 Å². The molecule has 0 aliphatic heterocycles. The van der Waals surface area contributed by atoms with Crippen molar-refractivity contribution in [3.8, 4) is 0 Å². The van der Waals surface area contributed by atoms with E-state index in [1.165, 1.54) is 13.2 Å². The van der Waals surface area contributed by atoms with Crippen molar-refractivity contribution in [1.29, 1.82) is 0 Å². The number of hydrogen-bond acceptors (Lipinski definition) is 4. The zero-order valence-electron chi connectivity index (χ0n) is 17.1. The molecular weight excluding hydrogens is 379 g/mol. The van der Waals surface area contributed by atoms with Gasteiger partial charge in [0.05, 0.1) is 12.2 Å². The standard InChI is InChI=1S/C22H28F3N3O/c1-5-10-28(11-12-29-4)21-9-7-17(13-19(21)22(23,24)25)16(3)27-18-8-6-15(2)20(26)14-18/h6-9,13-14,27H,3,5,10-12,26H2,1-2,4H3. The van der Waals surface area contributed by atoms with E-state index in [2.05, 4.69) is 11.9 Å². The Morgan fingerprint density at radius 2 is 1.90 bits per heavy atom. The molecule has 0 spiro atoms. The van der Waals surface area contributed by atoms with Crippen LogP contribution in [-0.2, 0) is 10.9 Å². The normalized spacial score (nSPS) is 11.4. The fraction of sp³-hybridized carbons (Fsp3) is 0.364. The van der Waals surface area contributed by atoms with Gasteiger partial charge in [-0.05, 0) is 48.7 Å². The second-order valence-electron chi connectivity index (χ2n) is 6.88. The van der Waals surface area contributed by atoms with E-state index < -0.39 is 11.7 Å². The van der Waals surface area contributed by atoms with E-state index in [0.717, 1.165) is 18.1 Å². The molecule has 0 saturated heterocycles. The number of nitrogens with one attached hydrogen (secondary N) is 1. The van der Waals surface area contributed by atoms with Crippen molar-refractivity contribution >= 4 is 22.8 Å². The molecule has 0 bridgehead atoms. The fourth-order valence-electron chi connectivity index (χ4n) is 3.02. The zero-order valence-corrected chi connectivity index (χ0v) is 17.1. The molecule has 2 aromatic carbocycles. The van der Waals surface area contributed by atoms with Crippen LogP contribution in [0.2, 0.25) is 0 Å². The van der Waals surface area contributed by atoms with Crippen LogP contribution in [0.3, 0.4) is 0 Å². The summed E-state index contributed by atoms with van der Waals surface area (Å²) in [7, 11) is 1.53. The van der Waals surface area contributed by atoms with Crippen LogP contribution in [0.5, 0.6) is 0 Å². The fourth-order valence-corrected chi connectivity index (χ4v) is 3.02. The monoisotopic (exact) mass is 407 g/mol. The first kappa shape index (κ1) is 22.6. The lowest BCUT2D eigenvalue weighted by Crippen LogP contribution is -2.30. The van der Waals surface area contributed by atoms with Gasteiger partial charge in [-0.1, -0.05) is 25.6 Å². The number of ether oxygens (including phenoxy) is 1. The first-order valence-electron chi connectivity index (χ1n) is 9.45. The topological polar surface area (TPSA) is 50.5 Å². The Balaban J connectivity index is 2.36. The maximum Gasteiger partial charge on any atom is 0.418 e. The molecule has 0 aromatic heterocycles. The Bertz CT molecular complexity index is 850. The molecule has 0 amide bonds. The third-order valence-electron chi connectivity index (χ3n) is 4.62. The highest BCUT2D eigenvalue weighted by Crippen LogP contribution is 2.38. The van der Waals surface area contributed by atoms with Gasteiger partial charge in [0.2, 0.25) is 0 Å².